The number of aryl methyl sites for hydroxylation is 2. The lowest BCUT2D eigenvalue weighted by molar-refractivity contribution is -0.138. The van der Waals surface area contributed by atoms with Crippen LogP contribution in [0.4, 0.5) is 24.5 Å². The van der Waals surface area contributed by atoms with Gasteiger partial charge in [0.25, 0.3) is 0 Å². The summed E-state index contributed by atoms with van der Waals surface area (Å²) in [5.41, 5.74) is 0.748. The molecule has 1 amide bonds. The lowest BCUT2D eigenvalue weighted by Crippen LogP contribution is -2.46. The number of carbonyl (C=O) groups is 2. The SMILES string of the molecule is COC(=O)c1cccc(C)c1S(=O)(=O)N1CCC[C@H](C(=O)Nc2ccc(C)c(C(F)(F)F)c2)[C@@H]1c1ccc(NC2CCCC2)cc1. The second-order valence-corrected chi connectivity index (χ2v) is 13.8. The molecule has 1 saturated carbocycles. The molecule has 0 radical (unpaired) electrons. The van der Waals surface area contributed by atoms with Crippen molar-refractivity contribution in [1.29, 1.82) is 0 Å². The van der Waals surface area contributed by atoms with Crippen LogP contribution in [0.5, 0.6) is 0 Å². The highest BCUT2D eigenvalue weighted by Gasteiger charge is 2.45. The Balaban J connectivity index is 1.55. The Hall–Kier alpha value is -3.90. The monoisotopic (exact) mass is 657 g/mol. The molecule has 2 aliphatic rings. The second kappa shape index (κ2) is 13.4. The smallest absolute Gasteiger partial charge is 0.416 e. The molecule has 1 aliphatic heterocycles. The Morgan fingerprint density at radius 1 is 0.891 bits per heavy atom. The standard InChI is InChI=1S/C34H38F3N3O5S/c1-21-13-16-26(20-29(21)34(35,36)37)39-32(41)27-12-7-19-40(46(43,44)31-22(2)8-6-11-28(31)33(42)45-3)30(27)23-14-17-25(18-15-23)38-24-9-4-5-10-24/h6,8,11,13-18,20,24,27,30,38H,4-5,7,9-10,12,19H2,1-3H3,(H,39,41)/t27-,30-/m0/s1. The van der Waals surface area contributed by atoms with Gasteiger partial charge in [0.05, 0.1) is 35.1 Å². The summed E-state index contributed by atoms with van der Waals surface area (Å²) in [7, 11) is -3.22. The lowest BCUT2D eigenvalue weighted by Gasteiger charge is -2.40. The van der Waals surface area contributed by atoms with E-state index in [0.29, 0.717) is 30.0 Å². The van der Waals surface area contributed by atoms with Gasteiger partial charge in [-0.15, -0.1) is 0 Å². The second-order valence-electron chi connectivity index (χ2n) is 12.0. The highest BCUT2D eigenvalue weighted by atomic mass is 32.2. The average Bonchev–Trinajstić information content (AvgIpc) is 3.54. The minimum atomic E-state index is -4.61. The number of halogens is 3. The summed E-state index contributed by atoms with van der Waals surface area (Å²) in [5.74, 6) is -2.36. The summed E-state index contributed by atoms with van der Waals surface area (Å²) in [6, 6.07) is 14.7. The average molecular weight is 658 g/mol. The van der Waals surface area contributed by atoms with Gasteiger partial charge in [-0.2, -0.15) is 17.5 Å². The third kappa shape index (κ3) is 6.92. The van der Waals surface area contributed by atoms with Crippen LogP contribution in [0.3, 0.4) is 0 Å². The first kappa shape index (κ1) is 33.5. The number of benzene rings is 3. The molecule has 2 atom stereocenters. The zero-order valence-electron chi connectivity index (χ0n) is 26.0. The Bertz CT molecular complexity index is 1700. The van der Waals surface area contributed by atoms with E-state index < -0.39 is 45.6 Å². The van der Waals surface area contributed by atoms with E-state index >= 15 is 0 Å². The summed E-state index contributed by atoms with van der Waals surface area (Å²) in [6.45, 7) is 2.99. The normalized spacial score (nSPS) is 19.5. The highest BCUT2D eigenvalue weighted by Crippen LogP contribution is 2.42. The first-order valence-corrected chi connectivity index (χ1v) is 16.8. The summed E-state index contributed by atoms with van der Waals surface area (Å²) < 4.78 is 76.0. The van der Waals surface area contributed by atoms with Gasteiger partial charge in [-0.25, -0.2) is 13.2 Å². The maximum Gasteiger partial charge on any atom is 0.416 e. The van der Waals surface area contributed by atoms with Crippen molar-refractivity contribution in [2.45, 2.75) is 75.5 Å². The van der Waals surface area contributed by atoms with Gasteiger partial charge >= 0.3 is 12.1 Å². The van der Waals surface area contributed by atoms with Crippen LogP contribution in [-0.2, 0) is 25.7 Å². The third-order valence-electron chi connectivity index (χ3n) is 8.89. The molecule has 2 N–H and O–H groups in total. The molecule has 3 aromatic carbocycles. The molecule has 1 aliphatic carbocycles. The topological polar surface area (TPSA) is 105 Å². The third-order valence-corrected chi connectivity index (χ3v) is 11.0. The van der Waals surface area contributed by atoms with Gasteiger partial charge < -0.3 is 15.4 Å². The van der Waals surface area contributed by atoms with Crippen LogP contribution >= 0.6 is 0 Å². The van der Waals surface area contributed by atoms with E-state index in [-0.39, 0.29) is 28.3 Å². The molecule has 5 rings (SSSR count). The lowest BCUT2D eigenvalue weighted by atomic mass is 9.85. The largest absolute Gasteiger partial charge is 0.465 e. The van der Waals surface area contributed by atoms with Gasteiger partial charge in [0.15, 0.2) is 0 Å². The molecule has 2 fully saturated rings. The van der Waals surface area contributed by atoms with Crippen molar-refractivity contribution < 1.29 is 35.9 Å². The molecule has 246 valence electrons. The van der Waals surface area contributed by atoms with Crippen molar-refractivity contribution in [3.8, 4) is 0 Å². The van der Waals surface area contributed by atoms with Gasteiger partial charge in [-0.3, -0.25) is 4.79 Å². The van der Waals surface area contributed by atoms with E-state index in [1.807, 2.05) is 12.1 Å². The molecule has 0 spiro atoms. The number of nitrogens with zero attached hydrogens (tertiary/aromatic N) is 1. The molecule has 0 aromatic heterocycles. The van der Waals surface area contributed by atoms with Gasteiger partial charge in [-0.05, 0) is 86.6 Å². The number of esters is 1. The van der Waals surface area contributed by atoms with E-state index in [9.17, 15) is 31.2 Å². The summed E-state index contributed by atoms with van der Waals surface area (Å²) >= 11 is 0. The number of anilines is 2. The quantitative estimate of drug-likeness (QED) is 0.248. The van der Waals surface area contributed by atoms with Crippen molar-refractivity contribution in [2.75, 3.05) is 24.3 Å². The van der Waals surface area contributed by atoms with Crippen LogP contribution in [0.15, 0.2) is 65.6 Å². The number of carbonyl (C=O) groups excluding carboxylic acids is 2. The molecule has 1 heterocycles. The molecule has 1 saturated heterocycles. The molecule has 0 unspecified atom stereocenters. The van der Waals surface area contributed by atoms with Gasteiger partial charge in [0.1, 0.15) is 0 Å². The first-order valence-electron chi connectivity index (χ1n) is 15.4. The Labute approximate surface area is 267 Å². The van der Waals surface area contributed by atoms with E-state index in [4.69, 9.17) is 4.74 Å². The number of amides is 1. The zero-order chi connectivity index (χ0) is 33.2. The Kier molecular flexibility index (Phi) is 9.78. The Morgan fingerprint density at radius 2 is 1.57 bits per heavy atom. The van der Waals surface area contributed by atoms with E-state index in [2.05, 4.69) is 10.6 Å². The fourth-order valence-electron chi connectivity index (χ4n) is 6.61. The van der Waals surface area contributed by atoms with Crippen molar-refractivity contribution in [1.82, 2.24) is 4.31 Å². The van der Waals surface area contributed by atoms with Gasteiger partial charge in [-0.1, -0.05) is 43.2 Å². The number of alkyl halides is 3. The van der Waals surface area contributed by atoms with Crippen LogP contribution < -0.4 is 10.6 Å². The molecule has 8 nitrogen and oxygen atoms in total. The predicted octanol–water partition coefficient (Wildman–Crippen LogP) is 7.24. The number of methoxy groups -OCH3 is 1. The van der Waals surface area contributed by atoms with E-state index in [0.717, 1.165) is 37.4 Å². The molecule has 3 aromatic rings. The molecule has 12 heteroatoms. The van der Waals surface area contributed by atoms with Gasteiger partial charge in [0.2, 0.25) is 15.9 Å². The molecular formula is C34H38F3N3O5S. The zero-order valence-corrected chi connectivity index (χ0v) is 26.8. The van der Waals surface area contributed by atoms with E-state index in [1.165, 1.54) is 36.5 Å². The van der Waals surface area contributed by atoms with Crippen molar-refractivity contribution in [3.05, 3.63) is 88.5 Å². The van der Waals surface area contributed by atoms with Crippen molar-refractivity contribution >= 4 is 33.3 Å². The molecule has 46 heavy (non-hydrogen) atoms. The predicted molar refractivity (Wildman–Crippen MR) is 169 cm³/mol. The van der Waals surface area contributed by atoms with Crippen molar-refractivity contribution in [2.24, 2.45) is 5.92 Å². The number of hydrogen-bond acceptors (Lipinski definition) is 6. The maximum atomic E-state index is 14.5. The van der Waals surface area contributed by atoms with Crippen LogP contribution in [0.25, 0.3) is 0 Å². The summed E-state index contributed by atoms with van der Waals surface area (Å²) in [5, 5.41) is 6.13. The summed E-state index contributed by atoms with van der Waals surface area (Å²) in [6.07, 6.45) is 0.427. The molecular weight excluding hydrogens is 619 g/mol. The number of sulfonamides is 1. The minimum Gasteiger partial charge on any atom is -0.465 e. The fraction of sp³-hybridized carbons (Fsp3) is 0.412. The molecule has 0 bridgehead atoms. The number of piperidine rings is 1. The highest BCUT2D eigenvalue weighted by molar-refractivity contribution is 7.89. The van der Waals surface area contributed by atoms with Crippen LogP contribution in [0, 0.1) is 19.8 Å². The Morgan fingerprint density at radius 3 is 2.22 bits per heavy atom. The first-order chi connectivity index (χ1) is 21.8. The van der Waals surface area contributed by atoms with E-state index in [1.54, 1.807) is 31.2 Å². The van der Waals surface area contributed by atoms with Crippen LogP contribution in [-0.4, -0.2) is 44.3 Å². The van der Waals surface area contributed by atoms with Crippen molar-refractivity contribution in [3.63, 3.8) is 0 Å². The van der Waals surface area contributed by atoms with Gasteiger partial charge in [0, 0.05) is 24.0 Å². The minimum absolute atomic E-state index is 0.0178. The fourth-order valence-corrected chi connectivity index (χ4v) is 8.69. The summed E-state index contributed by atoms with van der Waals surface area (Å²) in [4.78, 5) is 26.4. The van der Waals surface area contributed by atoms with Crippen LogP contribution in [0.2, 0.25) is 0 Å². The number of nitrogens with one attached hydrogen (secondary N) is 2. The number of hydrogen-bond donors (Lipinski definition) is 2. The number of rotatable bonds is 8. The van der Waals surface area contributed by atoms with Crippen LogP contribution in [0.1, 0.15) is 77.2 Å². The maximum absolute atomic E-state index is 14.5. The number of ether oxygens (including phenoxy) is 1.